The van der Waals surface area contributed by atoms with E-state index in [0.717, 1.165) is 72.0 Å². The van der Waals surface area contributed by atoms with Gasteiger partial charge in [-0.15, -0.1) is 0 Å². The minimum absolute atomic E-state index is 0.603. The molecule has 4 heterocycles. The fourth-order valence-electron chi connectivity index (χ4n) is 6.12. The van der Waals surface area contributed by atoms with E-state index >= 15 is 0 Å². The molecule has 0 fully saturated rings. The van der Waals surface area contributed by atoms with Gasteiger partial charge in [0.15, 0.2) is 23.1 Å². The first-order valence-corrected chi connectivity index (χ1v) is 15.4. The van der Waals surface area contributed by atoms with Crippen molar-refractivity contribution < 1.29 is 4.42 Å². The normalized spacial score (nSPS) is 11.4. The molecule has 47 heavy (non-hydrogen) atoms. The molecule has 0 saturated carbocycles. The van der Waals surface area contributed by atoms with Crippen molar-refractivity contribution >= 4 is 32.8 Å². The molecule has 0 atom stereocenters. The predicted molar refractivity (Wildman–Crippen MR) is 187 cm³/mol. The van der Waals surface area contributed by atoms with E-state index in [-0.39, 0.29) is 0 Å². The lowest BCUT2D eigenvalue weighted by atomic mass is 9.95. The molecule has 0 aliphatic carbocycles. The molecule has 4 aromatic heterocycles. The van der Waals surface area contributed by atoms with E-state index < -0.39 is 0 Å². The van der Waals surface area contributed by atoms with Crippen molar-refractivity contribution in [2.45, 2.75) is 0 Å². The first kappa shape index (κ1) is 26.8. The van der Waals surface area contributed by atoms with Gasteiger partial charge in [0.2, 0.25) is 0 Å². The van der Waals surface area contributed by atoms with Gasteiger partial charge in [0, 0.05) is 38.4 Å². The summed E-state index contributed by atoms with van der Waals surface area (Å²) >= 11 is 0. The summed E-state index contributed by atoms with van der Waals surface area (Å²) in [4.78, 5) is 24.6. The summed E-state index contributed by atoms with van der Waals surface area (Å²) in [5, 5.41) is 3.12. The molecule has 0 amide bonds. The van der Waals surface area contributed by atoms with Crippen molar-refractivity contribution in [1.29, 1.82) is 0 Å². The summed E-state index contributed by atoms with van der Waals surface area (Å²) in [7, 11) is 0. The number of rotatable bonds is 5. The Balaban J connectivity index is 1.22. The molecular weight excluding hydrogens is 578 g/mol. The van der Waals surface area contributed by atoms with Crippen molar-refractivity contribution in [3.05, 3.63) is 152 Å². The maximum atomic E-state index is 6.27. The van der Waals surface area contributed by atoms with Crippen LogP contribution in [0.2, 0.25) is 0 Å². The summed E-state index contributed by atoms with van der Waals surface area (Å²) in [6, 6.07) is 48.7. The minimum atomic E-state index is 0.603. The van der Waals surface area contributed by atoms with Gasteiger partial charge in [-0.05, 0) is 23.8 Å². The zero-order valence-corrected chi connectivity index (χ0v) is 25.1. The van der Waals surface area contributed by atoms with Gasteiger partial charge < -0.3 is 4.42 Å². The van der Waals surface area contributed by atoms with Gasteiger partial charge in [-0.1, -0.05) is 127 Å². The lowest BCUT2D eigenvalue weighted by Gasteiger charge is -2.12. The highest BCUT2D eigenvalue weighted by molar-refractivity contribution is 6.15. The number of hydrogen-bond acceptors (Lipinski definition) is 6. The topological polar surface area (TPSA) is 77.6 Å². The van der Waals surface area contributed by atoms with Crippen molar-refractivity contribution in [2.24, 2.45) is 0 Å². The van der Waals surface area contributed by atoms with Crippen LogP contribution in [-0.4, -0.2) is 24.9 Å². The Morgan fingerprint density at radius 3 is 1.70 bits per heavy atom. The molecule has 0 saturated heterocycles. The Morgan fingerprint density at radius 2 is 1.00 bits per heavy atom. The molecule has 0 N–H and O–H groups in total. The van der Waals surface area contributed by atoms with E-state index in [4.69, 9.17) is 29.3 Å². The molecule has 6 heteroatoms. The Labute approximate surface area is 270 Å². The Bertz CT molecular complexity index is 2500. The number of hydrogen-bond donors (Lipinski definition) is 0. The Morgan fingerprint density at radius 1 is 0.426 bits per heavy atom. The minimum Gasteiger partial charge on any atom is -0.454 e. The first-order chi connectivity index (χ1) is 23.3. The van der Waals surface area contributed by atoms with Gasteiger partial charge in [-0.3, -0.25) is 4.98 Å². The van der Waals surface area contributed by atoms with E-state index in [0.29, 0.717) is 17.5 Å². The van der Waals surface area contributed by atoms with Crippen LogP contribution in [0.3, 0.4) is 0 Å². The van der Waals surface area contributed by atoms with Crippen LogP contribution in [0.25, 0.3) is 89.5 Å². The number of nitrogens with zero attached hydrogens (tertiary/aromatic N) is 5. The molecular formula is C41H25N5O. The monoisotopic (exact) mass is 603 g/mol. The van der Waals surface area contributed by atoms with Crippen LogP contribution >= 0.6 is 0 Å². The van der Waals surface area contributed by atoms with Crippen LogP contribution in [0.1, 0.15) is 0 Å². The highest BCUT2D eigenvalue weighted by Gasteiger charge is 2.20. The van der Waals surface area contributed by atoms with E-state index in [2.05, 4.69) is 42.5 Å². The van der Waals surface area contributed by atoms with Gasteiger partial charge in [-0.25, -0.2) is 19.9 Å². The third-order valence-electron chi connectivity index (χ3n) is 8.39. The second kappa shape index (κ2) is 11.1. The molecule has 9 rings (SSSR count). The average Bonchev–Trinajstić information content (AvgIpc) is 3.54. The van der Waals surface area contributed by atoms with Gasteiger partial charge in [-0.2, -0.15) is 0 Å². The average molecular weight is 604 g/mol. The molecule has 6 nitrogen and oxygen atoms in total. The molecule has 0 radical (unpaired) electrons. The van der Waals surface area contributed by atoms with Crippen LogP contribution in [0.4, 0.5) is 0 Å². The molecule has 0 aliphatic heterocycles. The fourth-order valence-corrected chi connectivity index (χ4v) is 6.12. The Kier molecular flexibility index (Phi) is 6.35. The maximum Gasteiger partial charge on any atom is 0.164 e. The summed E-state index contributed by atoms with van der Waals surface area (Å²) in [5.41, 5.74) is 8.76. The molecule has 0 bridgehead atoms. The summed E-state index contributed by atoms with van der Waals surface area (Å²) in [6.45, 7) is 0. The second-order valence-electron chi connectivity index (χ2n) is 11.3. The third kappa shape index (κ3) is 4.80. The van der Waals surface area contributed by atoms with Crippen LogP contribution in [0, 0.1) is 0 Å². The number of pyridine rings is 2. The lowest BCUT2D eigenvalue weighted by molar-refractivity contribution is 0.667. The van der Waals surface area contributed by atoms with Crippen LogP contribution in [-0.2, 0) is 0 Å². The summed E-state index contributed by atoms with van der Waals surface area (Å²) in [5.74, 6) is 1.86. The van der Waals surface area contributed by atoms with Crippen molar-refractivity contribution in [2.75, 3.05) is 0 Å². The number of aromatic nitrogens is 5. The molecule has 5 aromatic carbocycles. The van der Waals surface area contributed by atoms with E-state index in [1.165, 1.54) is 0 Å². The van der Waals surface area contributed by atoms with Gasteiger partial charge in [0.25, 0.3) is 0 Å². The highest BCUT2D eigenvalue weighted by Crippen LogP contribution is 2.41. The fraction of sp³-hybridized carbons (Fsp3) is 0. The molecule has 0 aliphatic rings. The standard InChI is InChI=1S/C41H25N5O/c1-3-12-28(13-4-1)39-44-40(29-14-5-2-6-15-29)46-41(45-39)30-21-19-27(20-22-30)36-37-31-16-8-10-18-34(31)47-35(37)25-42-38(36)33-24-23-26-11-7-9-17-32(26)43-33/h1-25H. The zero-order chi connectivity index (χ0) is 31.2. The molecule has 9 aromatic rings. The van der Waals surface area contributed by atoms with Crippen molar-refractivity contribution in [3.63, 3.8) is 0 Å². The van der Waals surface area contributed by atoms with Gasteiger partial charge in [0.1, 0.15) is 5.58 Å². The lowest BCUT2D eigenvalue weighted by Crippen LogP contribution is -2.00. The van der Waals surface area contributed by atoms with Gasteiger partial charge >= 0.3 is 0 Å². The number of furan rings is 1. The van der Waals surface area contributed by atoms with E-state index in [1.54, 1.807) is 6.20 Å². The second-order valence-corrected chi connectivity index (χ2v) is 11.3. The number of para-hydroxylation sites is 2. The summed E-state index contributed by atoms with van der Waals surface area (Å²) in [6.07, 6.45) is 1.81. The van der Waals surface area contributed by atoms with Crippen LogP contribution in [0.5, 0.6) is 0 Å². The molecule has 0 unspecified atom stereocenters. The highest BCUT2D eigenvalue weighted by atomic mass is 16.3. The quantitative estimate of drug-likeness (QED) is 0.195. The number of benzene rings is 5. The first-order valence-electron chi connectivity index (χ1n) is 15.4. The summed E-state index contributed by atoms with van der Waals surface area (Å²) < 4.78 is 6.27. The molecule has 0 spiro atoms. The van der Waals surface area contributed by atoms with E-state index in [9.17, 15) is 0 Å². The third-order valence-corrected chi connectivity index (χ3v) is 8.39. The SMILES string of the molecule is c1ccc(-c2nc(-c3ccccc3)nc(-c3ccc(-c4c(-c5ccc6ccccc6n5)ncc5oc6ccccc6c45)cc3)n2)cc1. The largest absolute Gasteiger partial charge is 0.454 e. The van der Waals surface area contributed by atoms with Crippen LogP contribution in [0.15, 0.2) is 156 Å². The maximum absolute atomic E-state index is 6.27. The van der Waals surface area contributed by atoms with Crippen molar-refractivity contribution in [1.82, 2.24) is 24.9 Å². The van der Waals surface area contributed by atoms with Gasteiger partial charge in [0.05, 0.1) is 23.1 Å². The predicted octanol–water partition coefficient (Wildman–Crippen LogP) is 10.0. The van der Waals surface area contributed by atoms with E-state index in [1.807, 2.05) is 103 Å². The van der Waals surface area contributed by atoms with Crippen molar-refractivity contribution in [3.8, 4) is 56.7 Å². The zero-order valence-electron chi connectivity index (χ0n) is 25.1. The Hall–Kier alpha value is -6.53. The number of fused-ring (bicyclic) bond motifs is 4. The smallest absolute Gasteiger partial charge is 0.164 e. The van der Waals surface area contributed by atoms with Crippen LogP contribution < -0.4 is 0 Å². The molecule has 220 valence electrons.